The van der Waals surface area contributed by atoms with Crippen LogP contribution in [0.3, 0.4) is 0 Å². The van der Waals surface area contributed by atoms with Crippen LogP contribution in [0.4, 0.5) is 5.69 Å². The Morgan fingerprint density at radius 1 is 1.15 bits per heavy atom. The molecule has 20 heavy (non-hydrogen) atoms. The van der Waals surface area contributed by atoms with Crippen LogP contribution in [0.1, 0.15) is 50.4 Å². The van der Waals surface area contributed by atoms with E-state index in [1.54, 1.807) is 12.1 Å². The number of aliphatic hydroxyl groups excluding tert-OH is 1. The monoisotopic (exact) mass is 279 g/mol. The van der Waals surface area contributed by atoms with Crippen molar-refractivity contribution in [1.82, 2.24) is 0 Å². The Labute approximate surface area is 121 Å². The fourth-order valence-electron chi connectivity index (χ4n) is 1.71. The molecule has 0 amide bonds. The van der Waals surface area contributed by atoms with Gasteiger partial charge in [0.1, 0.15) is 5.60 Å². The quantitative estimate of drug-likeness (QED) is 0.594. The number of carbonyl (C=O) groups excluding carboxylic acids is 1. The van der Waals surface area contributed by atoms with Crippen molar-refractivity contribution in [3.05, 3.63) is 29.8 Å². The zero-order valence-corrected chi connectivity index (χ0v) is 12.6. The average molecular weight is 279 g/mol. The topological polar surface area (TPSA) is 58.6 Å². The van der Waals surface area contributed by atoms with E-state index < -0.39 is 5.60 Å². The van der Waals surface area contributed by atoms with E-state index >= 15 is 0 Å². The molecule has 4 nitrogen and oxygen atoms in total. The zero-order chi connectivity index (χ0) is 15.0. The molecule has 1 aromatic carbocycles. The van der Waals surface area contributed by atoms with E-state index in [0.29, 0.717) is 5.56 Å². The van der Waals surface area contributed by atoms with Gasteiger partial charge in [-0.2, -0.15) is 0 Å². The number of hydrogen-bond acceptors (Lipinski definition) is 4. The number of nitrogens with one attached hydrogen (secondary N) is 1. The minimum Gasteiger partial charge on any atom is -0.456 e. The molecule has 4 heteroatoms. The summed E-state index contributed by atoms with van der Waals surface area (Å²) in [7, 11) is 0. The number of rotatable bonds is 7. The molecule has 1 aromatic rings. The maximum Gasteiger partial charge on any atom is 0.338 e. The molecule has 0 unspecified atom stereocenters. The Hall–Kier alpha value is -1.55. The van der Waals surface area contributed by atoms with Crippen molar-refractivity contribution in [2.45, 2.75) is 45.6 Å². The molecule has 112 valence electrons. The molecular weight excluding hydrogens is 254 g/mol. The molecule has 0 aliphatic rings. The lowest BCUT2D eigenvalue weighted by Crippen LogP contribution is -2.23. The molecular formula is C16H25NO3. The number of esters is 1. The van der Waals surface area contributed by atoms with Crippen LogP contribution < -0.4 is 5.32 Å². The van der Waals surface area contributed by atoms with Crippen molar-refractivity contribution in [3.63, 3.8) is 0 Å². The van der Waals surface area contributed by atoms with E-state index in [1.807, 2.05) is 32.9 Å². The fraction of sp³-hybridized carbons (Fsp3) is 0.562. The summed E-state index contributed by atoms with van der Waals surface area (Å²) in [4.78, 5) is 11.8. The van der Waals surface area contributed by atoms with Crippen LogP contribution in [0.2, 0.25) is 0 Å². The largest absolute Gasteiger partial charge is 0.456 e. The Bertz CT molecular complexity index is 407. The first-order valence-electron chi connectivity index (χ1n) is 7.10. The Morgan fingerprint density at radius 3 is 2.35 bits per heavy atom. The number of anilines is 1. The van der Waals surface area contributed by atoms with Crippen molar-refractivity contribution < 1.29 is 14.6 Å². The molecule has 1 rings (SSSR count). The van der Waals surface area contributed by atoms with E-state index in [1.165, 1.54) is 0 Å². The lowest BCUT2D eigenvalue weighted by atomic mass is 10.1. The number of ether oxygens (including phenoxy) is 1. The van der Waals surface area contributed by atoms with Gasteiger partial charge in [-0.15, -0.1) is 0 Å². The second kappa shape index (κ2) is 7.90. The van der Waals surface area contributed by atoms with E-state index in [-0.39, 0.29) is 12.6 Å². The number of carbonyl (C=O) groups is 1. The van der Waals surface area contributed by atoms with Crippen molar-refractivity contribution in [2.75, 3.05) is 18.5 Å². The predicted octanol–water partition coefficient (Wildman–Crippen LogP) is 3.22. The molecule has 0 spiro atoms. The highest BCUT2D eigenvalue weighted by molar-refractivity contribution is 5.90. The van der Waals surface area contributed by atoms with E-state index in [2.05, 4.69) is 5.32 Å². The fourth-order valence-corrected chi connectivity index (χ4v) is 1.71. The van der Waals surface area contributed by atoms with Crippen molar-refractivity contribution in [2.24, 2.45) is 0 Å². The standard InChI is InChI=1S/C16H25NO3/c1-16(2,3)20-15(19)13-7-9-14(10-8-13)17-11-5-4-6-12-18/h7-10,17-18H,4-6,11-12H2,1-3H3. The summed E-state index contributed by atoms with van der Waals surface area (Å²) in [6.07, 6.45) is 2.88. The third-order valence-electron chi connectivity index (χ3n) is 2.68. The smallest absolute Gasteiger partial charge is 0.338 e. The molecule has 0 bridgehead atoms. The molecule has 0 heterocycles. The van der Waals surface area contributed by atoms with Crippen LogP contribution in [-0.4, -0.2) is 29.8 Å². The molecule has 0 saturated heterocycles. The highest BCUT2D eigenvalue weighted by atomic mass is 16.6. The summed E-state index contributed by atoms with van der Waals surface area (Å²) < 4.78 is 5.31. The SMILES string of the molecule is CC(C)(C)OC(=O)c1ccc(NCCCCCO)cc1. The van der Waals surface area contributed by atoms with Crippen LogP contribution in [0.5, 0.6) is 0 Å². The summed E-state index contributed by atoms with van der Waals surface area (Å²) in [6.45, 7) is 6.68. The van der Waals surface area contributed by atoms with Crippen molar-refractivity contribution in [3.8, 4) is 0 Å². The average Bonchev–Trinajstić information content (AvgIpc) is 2.37. The first kappa shape index (κ1) is 16.5. The van der Waals surface area contributed by atoms with E-state index in [0.717, 1.165) is 31.5 Å². The molecule has 0 aromatic heterocycles. The summed E-state index contributed by atoms with van der Waals surface area (Å²) in [5.41, 5.74) is 1.08. The third-order valence-corrected chi connectivity index (χ3v) is 2.68. The lowest BCUT2D eigenvalue weighted by molar-refractivity contribution is 0.00696. The predicted molar refractivity (Wildman–Crippen MR) is 81.0 cm³/mol. The van der Waals surface area contributed by atoms with Gasteiger partial charge in [-0.1, -0.05) is 0 Å². The van der Waals surface area contributed by atoms with Crippen LogP contribution in [0, 0.1) is 0 Å². The van der Waals surface area contributed by atoms with Gasteiger partial charge in [-0.05, 0) is 64.3 Å². The van der Waals surface area contributed by atoms with Crippen LogP contribution in [0.15, 0.2) is 24.3 Å². The van der Waals surface area contributed by atoms with Gasteiger partial charge in [0.15, 0.2) is 0 Å². The Morgan fingerprint density at radius 2 is 1.80 bits per heavy atom. The van der Waals surface area contributed by atoms with Gasteiger partial charge >= 0.3 is 5.97 Å². The summed E-state index contributed by atoms with van der Waals surface area (Å²) in [6, 6.07) is 7.30. The van der Waals surface area contributed by atoms with E-state index in [4.69, 9.17) is 9.84 Å². The Balaban J connectivity index is 2.42. The molecule has 0 fully saturated rings. The van der Waals surface area contributed by atoms with Gasteiger partial charge in [-0.25, -0.2) is 4.79 Å². The van der Waals surface area contributed by atoms with Crippen molar-refractivity contribution in [1.29, 1.82) is 0 Å². The van der Waals surface area contributed by atoms with E-state index in [9.17, 15) is 4.79 Å². The molecule has 0 saturated carbocycles. The highest BCUT2D eigenvalue weighted by Gasteiger charge is 2.17. The Kier molecular flexibility index (Phi) is 6.52. The normalized spacial score (nSPS) is 11.2. The molecule has 0 radical (unpaired) electrons. The maximum atomic E-state index is 11.8. The maximum absolute atomic E-state index is 11.8. The van der Waals surface area contributed by atoms with Gasteiger partial charge in [0, 0.05) is 18.8 Å². The van der Waals surface area contributed by atoms with Crippen LogP contribution >= 0.6 is 0 Å². The second-order valence-corrected chi connectivity index (χ2v) is 5.79. The highest BCUT2D eigenvalue weighted by Crippen LogP contribution is 2.14. The summed E-state index contributed by atoms with van der Waals surface area (Å²) in [5, 5.41) is 12.0. The zero-order valence-electron chi connectivity index (χ0n) is 12.6. The molecule has 0 aliphatic heterocycles. The number of benzene rings is 1. The number of unbranched alkanes of at least 4 members (excludes halogenated alkanes) is 2. The van der Waals surface area contributed by atoms with Crippen LogP contribution in [0.25, 0.3) is 0 Å². The van der Waals surface area contributed by atoms with Gasteiger partial charge in [-0.3, -0.25) is 0 Å². The minimum absolute atomic E-state index is 0.255. The molecule has 0 aliphatic carbocycles. The number of aliphatic hydroxyl groups is 1. The molecule has 0 atom stereocenters. The molecule has 2 N–H and O–H groups in total. The minimum atomic E-state index is -0.472. The van der Waals surface area contributed by atoms with Gasteiger partial charge < -0.3 is 15.2 Å². The van der Waals surface area contributed by atoms with Crippen molar-refractivity contribution >= 4 is 11.7 Å². The van der Waals surface area contributed by atoms with Gasteiger partial charge in [0.05, 0.1) is 5.56 Å². The first-order chi connectivity index (χ1) is 9.42. The second-order valence-electron chi connectivity index (χ2n) is 5.79. The van der Waals surface area contributed by atoms with Gasteiger partial charge in [0.2, 0.25) is 0 Å². The summed E-state index contributed by atoms with van der Waals surface area (Å²) >= 11 is 0. The number of hydrogen-bond donors (Lipinski definition) is 2. The van der Waals surface area contributed by atoms with Crippen LogP contribution in [-0.2, 0) is 4.74 Å². The van der Waals surface area contributed by atoms with Gasteiger partial charge in [0.25, 0.3) is 0 Å². The first-order valence-corrected chi connectivity index (χ1v) is 7.10. The summed E-state index contributed by atoms with van der Waals surface area (Å²) in [5.74, 6) is -0.299. The third kappa shape index (κ3) is 6.57. The lowest BCUT2D eigenvalue weighted by Gasteiger charge is -2.19.